The summed E-state index contributed by atoms with van der Waals surface area (Å²) in [5, 5.41) is 10.2. The molecule has 0 aliphatic rings. The van der Waals surface area contributed by atoms with Gasteiger partial charge in [0.15, 0.2) is 0 Å². The van der Waals surface area contributed by atoms with Gasteiger partial charge in [0.2, 0.25) is 0 Å². The summed E-state index contributed by atoms with van der Waals surface area (Å²) in [5.74, 6) is 0.879. The van der Waals surface area contributed by atoms with Crippen LogP contribution in [0.25, 0.3) is 0 Å². The van der Waals surface area contributed by atoms with Crippen molar-refractivity contribution in [1.82, 2.24) is 15.5 Å². The molecule has 2 rings (SSSR count). The Morgan fingerprint density at radius 1 is 1.35 bits per heavy atom. The Bertz CT molecular complexity index is 479. The molecule has 1 aromatic carbocycles. The molecule has 4 heteroatoms. The van der Waals surface area contributed by atoms with E-state index in [2.05, 4.69) is 28.5 Å². The number of hydrogen-bond acceptors (Lipinski definition) is 3. The number of aromatic nitrogens is 2. The van der Waals surface area contributed by atoms with Gasteiger partial charge in [-0.3, -0.25) is 5.10 Å². The van der Waals surface area contributed by atoms with Crippen molar-refractivity contribution >= 4 is 0 Å². The van der Waals surface area contributed by atoms with E-state index in [1.54, 1.807) is 13.3 Å². The normalized spacial score (nSPS) is 12.4. The number of benzene rings is 1. The monoisotopic (exact) mass is 231 g/mol. The third kappa shape index (κ3) is 2.31. The summed E-state index contributed by atoms with van der Waals surface area (Å²) in [5.41, 5.74) is 3.34. The van der Waals surface area contributed by atoms with Gasteiger partial charge in [0.1, 0.15) is 5.75 Å². The Morgan fingerprint density at radius 2 is 2.18 bits per heavy atom. The van der Waals surface area contributed by atoms with Crippen LogP contribution in [0.3, 0.4) is 0 Å². The van der Waals surface area contributed by atoms with E-state index in [1.165, 1.54) is 5.56 Å². The van der Waals surface area contributed by atoms with Crippen molar-refractivity contribution in [1.29, 1.82) is 0 Å². The smallest absolute Gasteiger partial charge is 0.124 e. The number of methoxy groups -OCH3 is 1. The number of rotatable bonds is 4. The fraction of sp³-hybridized carbons (Fsp3) is 0.308. The first-order valence-electron chi connectivity index (χ1n) is 5.57. The van der Waals surface area contributed by atoms with E-state index >= 15 is 0 Å². The van der Waals surface area contributed by atoms with Crippen molar-refractivity contribution < 1.29 is 4.74 Å². The molecule has 0 amide bonds. The summed E-state index contributed by atoms with van der Waals surface area (Å²) in [6.45, 7) is 2.07. The molecule has 1 heterocycles. The zero-order valence-electron chi connectivity index (χ0n) is 10.3. The van der Waals surface area contributed by atoms with Crippen molar-refractivity contribution in [3.63, 3.8) is 0 Å². The largest absolute Gasteiger partial charge is 0.496 e. The summed E-state index contributed by atoms with van der Waals surface area (Å²) in [6.07, 6.45) is 1.75. The van der Waals surface area contributed by atoms with Crippen molar-refractivity contribution in [2.45, 2.75) is 13.0 Å². The average Bonchev–Trinajstić information content (AvgIpc) is 2.84. The van der Waals surface area contributed by atoms with Crippen molar-refractivity contribution in [3.05, 3.63) is 47.3 Å². The molecular formula is C13H17N3O. The second-order valence-corrected chi connectivity index (χ2v) is 3.98. The van der Waals surface area contributed by atoms with Crippen LogP contribution in [0.2, 0.25) is 0 Å². The average molecular weight is 231 g/mol. The standard InChI is InChI=1S/C13H17N3O/c1-9-4-5-12(17-3)10(8-9)13(14-2)11-6-7-15-16-11/h4-8,13-14H,1-3H3,(H,15,16). The molecule has 1 atom stereocenters. The number of nitrogens with zero attached hydrogens (tertiary/aromatic N) is 1. The number of nitrogens with one attached hydrogen (secondary N) is 2. The maximum Gasteiger partial charge on any atom is 0.124 e. The fourth-order valence-corrected chi connectivity index (χ4v) is 1.99. The lowest BCUT2D eigenvalue weighted by Gasteiger charge is -2.18. The molecule has 0 spiro atoms. The van der Waals surface area contributed by atoms with Crippen LogP contribution in [0, 0.1) is 6.92 Å². The summed E-state index contributed by atoms with van der Waals surface area (Å²) >= 11 is 0. The maximum absolute atomic E-state index is 5.41. The van der Waals surface area contributed by atoms with Crippen LogP contribution in [0.1, 0.15) is 22.9 Å². The topological polar surface area (TPSA) is 49.9 Å². The van der Waals surface area contributed by atoms with Crippen LogP contribution in [0.5, 0.6) is 5.75 Å². The molecule has 4 nitrogen and oxygen atoms in total. The Morgan fingerprint density at radius 3 is 2.76 bits per heavy atom. The van der Waals surface area contributed by atoms with Crippen LogP contribution in [-0.2, 0) is 0 Å². The number of H-pyrrole nitrogens is 1. The molecule has 0 saturated carbocycles. The number of hydrogen-bond donors (Lipinski definition) is 2. The number of aryl methyl sites for hydroxylation is 1. The molecular weight excluding hydrogens is 214 g/mol. The zero-order chi connectivity index (χ0) is 12.3. The lowest BCUT2D eigenvalue weighted by atomic mass is 10.0. The van der Waals surface area contributed by atoms with Gasteiger partial charge in [-0.15, -0.1) is 0 Å². The van der Waals surface area contributed by atoms with E-state index in [0.717, 1.165) is 17.0 Å². The van der Waals surface area contributed by atoms with Gasteiger partial charge in [-0.25, -0.2) is 0 Å². The first-order valence-corrected chi connectivity index (χ1v) is 5.57. The third-order valence-electron chi connectivity index (χ3n) is 2.82. The minimum atomic E-state index is 0.0624. The van der Waals surface area contributed by atoms with Crippen LogP contribution in [0.4, 0.5) is 0 Å². The highest BCUT2D eigenvalue weighted by Gasteiger charge is 2.17. The first-order chi connectivity index (χ1) is 8.26. The molecule has 2 N–H and O–H groups in total. The van der Waals surface area contributed by atoms with Gasteiger partial charge in [0, 0.05) is 11.8 Å². The van der Waals surface area contributed by atoms with Gasteiger partial charge in [-0.1, -0.05) is 17.7 Å². The van der Waals surface area contributed by atoms with Gasteiger partial charge in [0.05, 0.1) is 18.8 Å². The van der Waals surface area contributed by atoms with Crippen molar-refractivity contribution in [2.75, 3.05) is 14.2 Å². The summed E-state index contributed by atoms with van der Waals surface area (Å²) in [6, 6.07) is 8.18. The third-order valence-corrected chi connectivity index (χ3v) is 2.82. The summed E-state index contributed by atoms with van der Waals surface area (Å²) in [4.78, 5) is 0. The number of ether oxygens (including phenoxy) is 1. The second-order valence-electron chi connectivity index (χ2n) is 3.98. The lowest BCUT2D eigenvalue weighted by Crippen LogP contribution is -2.19. The molecule has 1 unspecified atom stereocenters. The van der Waals surface area contributed by atoms with Crippen molar-refractivity contribution in [2.24, 2.45) is 0 Å². The van der Waals surface area contributed by atoms with E-state index in [9.17, 15) is 0 Å². The maximum atomic E-state index is 5.41. The van der Waals surface area contributed by atoms with E-state index in [4.69, 9.17) is 4.74 Å². The highest BCUT2D eigenvalue weighted by Crippen LogP contribution is 2.29. The van der Waals surface area contributed by atoms with E-state index in [0.29, 0.717) is 0 Å². The Labute approximate surface area is 101 Å². The molecule has 0 aliphatic carbocycles. The van der Waals surface area contributed by atoms with Gasteiger partial charge >= 0.3 is 0 Å². The van der Waals surface area contributed by atoms with Crippen molar-refractivity contribution in [3.8, 4) is 5.75 Å². The Hall–Kier alpha value is -1.81. The molecule has 0 fully saturated rings. The molecule has 2 aromatic rings. The van der Waals surface area contributed by atoms with Gasteiger partial charge in [-0.05, 0) is 26.1 Å². The minimum absolute atomic E-state index is 0.0624. The highest BCUT2D eigenvalue weighted by molar-refractivity contribution is 5.42. The fourth-order valence-electron chi connectivity index (χ4n) is 1.99. The molecule has 90 valence electrons. The van der Waals surface area contributed by atoms with Crippen LogP contribution < -0.4 is 10.1 Å². The van der Waals surface area contributed by atoms with E-state index in [1.807, 2.05) is 25.2 Å². The lowest BCUT2D eigenvalue weighted by molar-refractivity contribution is 0.405. The molecule has 0 saturated heterocycles. The molecule has 0 bridgehead atoms. The Balaban J connectivity index is 2.46. The van der Waals surface area contributed by atoms with E-state index < -0.39 is 0 Å². The molecule has 0 aliphatic heterocycles. The van der Waals surface area contributed by atoms with Gasteiger partial charge in [-0.2, -0.15) is 5.10 Å². The van der Waals surface area contributed by atoms with Crippen LogP contribution >= 0.6 is 0 Å². The predicted molar refractivity (Wildman–Crippen MR) is 67.2 cm³/mol. The van der Waals surface area contributed by atoms with Crippen LogP contribution in [0.15, 0.2) is 30.5 Å². The zero-order valence-corrected chi connectivity index (χ0v) is 10.3. The minimum Gasteiger partial charge on any atom is -0.496 e. The quantitative estimate of drug-likeness (QED) is 0.846. The SMILES string of the molecule is CNC(c1ccn[nH]1)c1cc(C)ccc1OC. The second kappa shape index (κ2) is 5.01. The summed E-state index contributed by atoms with van der Waals surface area (Å²) in [7, 11) is 3.61. The first kappa shape index (κ1) is 11.7. The Kier molecular flexibility index (Phi) is 3.44. The summed E-state index contributed by atoms with van der Waals surface area (Å²) < 4.78 is 5.41. The predicted octanol–water partition coefficient (Wildman–Crippen LogP) is 2.04. The highest BCUT2D eigenvalue weighted by atomic mass is 16.5. The van der Waals surface area contributed by atoms with Crippen LogP contribution in [-0.4, -0.2) is 24.4 Å². The molecule has 0 radical (unpaired) electrons. The van der Waals surface area contributed by atoms with Gasteiger partial charge < -0.3 is 10.1 Å². The van der Waals surface area contributed by atoms with Gasteiger partial charge in [0.25, 0.3) is 0 Å². The van der Waals surface area contributed by atoms with E-state index in [-0.39, 0.29) is 6.04 Å². The molecule has 17 heavy (non-hydrogen) atoms. The number of aromatic amines is 1. The molecule has 1 aromatic heterocycles.